The van der Waals surface area contributed by atoms with E-state index in [0.717, 1.165) is 5.75 Å². The molecular weight excluding hydrogens is 146 g/mol. The zero-order valence-electron chi connectivity index (χ0n) is 6.20. The van der Waals surface area contributed by atoms with Crippen molar-refractivity contribution in [2.75, 3.05) is 0 Å². The first kappa shape index (κ1) is 7.66. The highest BCUT2D eigenvalue weighted by molar-refractivity contribution is 7.99. The Morgan fingerprint density at radius 1 is 1.70 bits per heavy atom. The van der Waals surface area contributed by atoms with E-state index in [1.54, 1.807) is 12.5 Å². The van der Waals surface area contributed by atoms with Crippen molar-refractivity contribution in [3.05, 3.63) is 18.0 Å². The van der Waals surface area contributed by atoms with E-state index in [1.807, 2.05) is 11.8 Å². The van der Waals surface area contributed by atoms with Crippen LogP contribution in [-0.4, -0.2) is 10.4 Å². The Morgan fingerprint density at radius 3 is 3.00 bits per heavy atom. The monoisotopic (exact) mass is 157 g/mol. The fourth-order valence-electron chi connectivity index (χ4n) is 0.561. The van der Waals surface area contributed by atoms with E-state index in [2.05, 4.69) is 23.5 Å². The second-order valence-electron chi connectivity index (χ2n) is 2.39. The van der Waals surface area contributed by atoms with Crippen LogP contribution in [0.2, 0.25) is 0 Å². The van der Waals surface area contributed by atoms with Gasteiger partial charge in [-0.1, -0.05) is 19.0 Å². The number of hydrogen-bond donors (Lipinski definition) is 0. The maximum absolute atomic E-state index is 4.68. The third-order valence-corrected chi connectivity index (χ3v) is 2.23. The summed E-state index contributed by atoms with van der Waals surface area (Å²) in [4.78, 5) is 0. The summed E-state index contributed by atoms with van der Waals surface area (Å²) in [6.45, 7) is 4.36. The van der Waals surface area contributed by atoms with Crippen LogP contribution in [0.25, 0.3) is 0 Å². The van der Waals surface area contributed by atoms with Gasteiger partial charge in [-0.05, 0) is 5.25 Å². The molecule has 0 aliphatic heterocycles. The molecule has 0 spiro atoms. The molecule has 0 amide bonds. The minimum Gasteiger partial charge on any atom is -0.364 e. The van der Waals surface area contributed by atoms with Crippen molar-refractivity contribution < 1.29 is 4.52 Å². The molecule has 0 aliphatic rings. The van der Waals surface area contributed by atoms with E-state index in [4.69, 9.17) is 0 Å². The third kappa shape index (κ3) is 2.43. The molecule has 1 rings (SSSR count). The largest absolute Gasteiger partial charge is 0.364 e. The maximum Gasteiger partial charge on any atom is 0.127 e. The predicted octanol–water partition coefficient (Wildman–Crippen LogP) is 2.32. The molecule has 0 N–H and O–H groups in total. The molecule has 10 heavy (non-hydrogen) atoms. The van der Waals surface area contributed by atoms with E-state index in [0.29, 0.717) is 5.25 Å². The van der Waals surface area contributed by atoms with Gasteiger partial charge in [0.15, 0.2) is 0 Å². The molecule has 0 unspecified atom stereocenters. The topological polar surface area (TPSA) is 26.0 Å². The first-order valence-electron chi connectivity index (χ1n) is 3.29. The summed E-state index contributed by atoms with van der Waals surface area (Å²) in [6, 6.07) is 0. The molecule has 56 valence electrons. The lowest BCUT2D eigenvalue weighted by Crippen LogP contribution is -1.86. The van der Waals surface area contributed by atoms with Crippen LogP contribution in [0.4, 0.5) is 0 Å². The lowest BCUT2D eigenvalue weighted by atomic mass is 10.4. The van der Waals surface area contributed by atoms with Crippen LogP contribution in [-0.2, 0) is 5.75 Å². The van der Waals surface area contributed by atoms with E-state index >= 15 is 0 Å². The minimum atomic E-state index is 0.676. The lowest BCUT2D eigenvalue weighted by Gasteiger charge is -1.99. The highest BCUT2D eigenvalue weighted by Crippen LogP contribution is 2.15. The number of rotatable bonds is 3. The summed E-state index contributed by atoms with van der Waals surface area (Å²) in [5.74, 6) is 1.00. The Bertz CT molecular complexity index is 172. The fourth-order valence-corrected chi connectivity index (χ4v) is 1.23. The number of thioether (sulfide) groups is 1. The number of nitrogens with zero attached hydrogens (tertiary/aromatic N) is 1. The normalized spacial score (nSPS) is 10.7. The highest BCUT2D eigenvalue weighted by atomic mass is 32.2. The molecule has 0 atom stereocenters. The van der Waals surface area contributed by atoms with Crippen molar-refractivity contribution in [1.29, 1.82) is 0 Å². The summed E-state index contributed by atoms with van der Waals surface area (Å²) in [6.07, 6.45) is 3.45. The quantitative estimate of drug-likeness (QED) is 0.673. The van der Waals surface area contributed by atoms with E-state index in [-0.39, 0.29) is 0 Å². The zero-order valence-corrected chi connectivity index (χ0v) is 7.02. The van der Waals surface area contributed by atoms with Crippen molar-refractivity contribution in [1.82, 2.24) is 5.16 Å². The van der Waals surface area contributed by atoms with E-state index < -0.39 is 0 Å². The second kappa shape index (κ2) is 3.66. The molecular formula is C7H11NOS. The van der Waals surface area contributed by atoms with Crippen LogP contribution >= 0.6 is 11.8 Å². The van der Waals surface area contributed by atoms with Crippen LogP contribution in [0.5, 0.6) is 0 Å². The summed E-state index contributed by atoms with van der Waals surface area (Å²) in [7, 11) is 0. The van der Waals surface area contributed by atoms with Gasteiger partial charge in [0.2, 0.25) is 0 Å². The van der Waals surface area contributed by atoms with Crippen LogP contribution < -0.4 is 0 Å². The standard InChI is InChI=1S/C7H11NOS/c1-6(2)10-5-7-3-8-9-4-7/h3-4,6H,5H2,1-2H3. The Morgan fingerprint density at radius 2 is 2.50 bits per heavy atom. The average Bonchev–Trinajstić information content (AvgIpc) is 2.34. The SMILES string of the molecule is CC(C)SCc1cnoc1. The first-order valence-corrected chi connectivity index (χ1v) is 4.34. The molecule has 0 saturated carbocycles. The van der Waals surface area contributed by atoms with E-state index in [1.165, 1.54) is 5.56 Å². The van der Waals surface area contributed by atoms with Gasteiger partial charge in [0.1, 0.15) is 6.26 Å². The molecule has 1 aromatic rings. The Balaban J connectivity index is 2.28. The first-order chi connectivity index (χ1) is 4.79. The maximum atomic E-state index is 4.68. The van der Waals surface area contributed by atoms with Crippen molar-refractivity contribution in [2.45, 2.75) is 24.9 Å². The fraction of sp³-hybridized carbons (Fsp3) is 0.571. The Kier molecular flexibility index (Phi) is 2.81. The number of hydrogen-bond acceptors (Lipinski definition) is 3. The third-order valence-electron chi connectivity index (χ3n) is 1.07. The van der Waals surface area contributed by atoms with Gasteiger partial charge in [0, 0.05) is 11.3 Å². The molecule has 0 bridgehead atoms. The molecule has 0 radical (unpaired) electrons. The molecule has 0 saturated heterocycles. The smallest absolute Gasteiger partial charge is 0.127 e. The van der Waals surface area contributed by atoms with Crippen LogP contribution in [0.15, 0.2) is 17.0 Å². The minimum absolute atomic E-state index is 0.676. The molecule has 0 aliphatic carbocycles. The van der Waals surface area contributed by atoms with Gasteiger partial charge in [-0.3, -0.25) is 0 Å². The summed E-state index contributed by atoms with van der Waals surface area (Å²) in [5.41, 5.74) is 1.17. The summed E-state index contributed by atoms with van der Waals surface area (Å²) >= 11 is 1.89. The summed E-state index contributed by atoms with van der Waals surface area (Å²) in [5, 5.41) is 4.29. The predicted molar refractivity (Wildman–Crippen MR) is 42.9 cm³/mol. The van der Waals surface area contributed by atoms with Crippen molar-refractivity contribution in [3.8, 4) is 0 Å². The molecule has 1 heterocycles. The molecule has 2 nitrogen and oxygen atoms in total. The molecule has 0 aromatic carbocycles. The van der Waals surface area contributed by atoms with Gasteiger partial charge in [-0.15, -0.1) is 0 Å². The second-order valence-corrected chi connectivity index (χ2v) is 3.96. The van der Waals surface area contributed by atoms with Gasteiger partial charge < -0.3 is 4.52 Å². The number of aromatic nitrogens is 1. The van der Waals surface area contributed by atoms with Gasteiger partial charge in [0.25, 0.3) is 0 Å². The molecule has 3 heteroatoms. The zero-order chi connectivity index (χ0) is 7.40. The molecule has 1 aromatic heterocycles. The van der Waals surface area contributed by atoms with Gasteiger partial charge in [-0.2, -0.15) is 11.8 Å². The van der Waals surface area contributed by atoms with Gasteiger partial charge in [0.05, 0.1) is 6.20 Å². The lowest BCUT2D eigenvalue weighted by molar-refractivity contribution is 0.419. The van der Waals surface area contributed by atoms with Gasteiger partial charge >= 0.3 is 0 Å². The Labute approximate surface area is 65.0 Å². The van der Waals surface area contributed by atoms with Crippen molar-refractivity contribution in [3.63, 3.8) is 0 Å². The highest BCUT2D eigenvalue weighted by Gasteiger charge is 1.97. The van der Waals surface area contributed by atoms with Crippen LogP contribution in [0.3, 0.4) is 0 Å². The van der Waals surface area contributed by atoms with Crippen molar-refractivity contribution in [2.24, 2.45) is 0 Å². The Hall–Kier alpha value is -0.440. The van der Waals surface area contributed by atoms with Crippen LogP contribution in [0, 0.1) is 0 Å². The van der Waals surface area contributed by atoms with E-state index in [9.17, 15) is 0 Å². The summed E-state index contributed by atoms with van der Waals surface area (Å²) < 4.78 is 4.68. The molecule has 0 fully saturated rings. The van der Waals surface area contributed by atoms with Crippen LogP contribution in [0.1, 0.15) is 19.4 Å². The van der Waals surface area contributed by atoms with Gasteiger partial charge in [-0.25, -0.2) is 0 Å². The average molecular weight is 157 g/mol. The van der Waals surface area contributed by atoms with Crippen molar-refractivity contribution >= 4 is 11.8 Å².